The van der Waals surface area contributed by atoms with Gasteiger partial charge in [0.1, 0.15) is 15.5 Å². The smallest absolute Gasteiger partial charge is 0.407 e. The molecule has 7 heteroatoms. The highest BCUT2D eigenvalue weighted by atomic mass is 32.1. The van der Waals surface area contributed by atoms with E-state index in [1.54, 1.807) is 20.8 Å². The van der Waals surface area contributed by atoms with Crippen molar-refractivity contribution in [1.29, 1.82) is 0 Å². The van der Waals surface area contributed by atoms with Crippen LogP contribution < -0.4 is 5.32 Å². The normalized spacial score (nSPS) is 11.1. The number of rotatable bonds is 4. The molecule has 0 saturated carbocycles. The Balaban J connectivity index is 2.14. The maximum absolute atomic E-state index is 11.7. The fourth-order valence-electron chi connectivity index (χ4n) is 1.86. The van der Waals surface area contributed by atoms with Crippen molar-refractivity contribution in [2.45, 2.75) is 32.9 Å². The topological polar surface area (TPSA) is 88.5 Å². The predicted octanol–water partition coefficient (Wildman–Crippen LogP) is 3.53. The lowest BCUT2D eigenvalue weighted by atomic mass is 10.1. The molecule has 6 nitrogen and oxygen atoms in total. The molecule has 0 radical (unpaired) electrons. The highest BCUT2D eigenvalue weighted by Crippen LogP contribution is 2.28. The molecule has 1 aromatic heterocycles. The molecule has 1 aromatic carbocycles. The number of benzene rings is 1. The fraction of sp³-hybridized carbons (Fsp3) is 0.312. The Morgan fingerprint density at radius 3 is 2.61 bits per heavy atom. The second-order valence-corrected chi connectivity index (χ2v) is 6.88. The number of aromatic carboxylic acids is 1. The van der Waals surface area contributed by atoms with Gasteiger partial charge in [0.2, 0.25) is 0 Å². The maximum atomic E-state index is 11.7. The van der Waals surface area contributed by atoms with Gasteiger partial charge in [0.15, 0.2) is 0 Å². The summed E-state index contributed by atoms with van der Waals surface area (Å²) in [6.07, 6.45) is 0.832. The minimum Gasteiger partial charge on any atom is -0.477 e. The number of carboxylic acid groups (broad SMARTS) is 1. The van der Waals surface area contributed by atoms with Gasteiger partial charge in [0, 0.05) is 12.1 Å². The van der Waals surface area contributed by atoms with Crippen LogP contribution in [0.15, 0.2) is 30.5 Å². The number of nitrogens with zero attached hydrogens (tertiary/aromatic N) is 1. The second kappa shape index (κ2) is 6.78. The van der Waals surface area contributed by atoms with Crippen molar-refractivity contribution in [3.63, 3.8) is 0 Å². The molecule has 2 aromatic rings. The minimum atomic E-state index is -1.00. The van der Waals surface area contributed by atoms with Crippen LogP contribution in [0.2, 0.25) is 0 Å². The number of carbonyl (C=O) groups excluding carboxylic acids is 1. The van der Waals surface area contributed by atoms with E-state index in [1.165, 1.54) is 6.20 Å². The summed E-state index contributed by atoms with van der Waals surface area (Å²) >= 11 is 1.10. The third-order valence-corrected chi connectivity index (χ3v) is 3.80. The van der Waals surface area contributed by atoms with Gasteiger partial charge in [-0.25, -0.2) is 14.6 Å². The molecule has 2 rings (SSSR count). The molecule has 1 heterocycles. The fourth-order valence-corrected chi connectivity index (χ4v) is 2.68. The van der Waals surface area contributed by atoms with Crippen molar-refractivity contribution in [2.75, 3.05) is 0 Å². The molecule has 0 atom stereocenters. The predicted molar refractivity (Wildman–Crippen MR) is 87.6 cm³/mol. The number of ether oxygens (including phenoxy) is 1. The van der Waals surface area contributed by atoms with Crippen LogP contribution in [0.4, 0.5) is 4.79 Å². The van der Waals surface area contributed by atoms with Gasteiger partial charge in [0.05, 0.1) is 6.20 Å². The number of aromatic nitrogens is 1. The van der Waals surface area contributed by atoms with Gasteiger partial charge < -0.3 is 15.2 Å². The summed E-state index contributed by atoms with van der Waals surface area (Å²) in [4.78, 5) is 27.0. The molecule has 0 unspecified atom stereocenters. The van der Waals surface area contributed by atoms with Crippen LogP contribution in [0.5, 0.6) is 0 Å². The minimum absolute atomic E-state index is 0.176. The van der Waals surface area contributed by atoms with E-state index < -0.39 is 17.7 Å². The first kappa shape index (κ1) is 17.0. The van der Waals surface area contributed by atoms with Gasteiger partial charge in [-0.15, -0.1) is 11.3 Å². The number of thiazole rings is 1. The summed E-state index contributed by atoms with van der Waals surface area (Å²) in [6, 6.07) is 7.39. The first-order valence-corrected chi connectivity index (χ1v) is 7.82. The summed E-state index contributed by atoms with van der Waals surface area (Å²) in [5, 5.41) is 12.3. The largest absolute Gasteiger partial charge is 0.477 e. The van der Waals surface area contributed by atoms with E-state index in [-0.39, 0.29) is 11.4 Å². The van der Waals surface area contributed by atoms with Crippen molar-refractivity contribution in [1.82, 2.24) is 10.3 Å². The first-order chi connectivity index (χ1) is 10.8. The van der Waals surface area contributed by atoms with Crippen molar-refractivity contribution < 1.29 is 19.4 Å². The lowest BCUT2D eigenvalue weighted by Gasteiger charge is -2.20. The van der Waals surface area contributed by atoms with Crippen molar-refractivity contribution in [3.8, 4) is 10.6 Å². The number of nitrogens with one attached hydrogen (secondary N) is 1. The average Bonchev–Trinajstić information content (AvgIpc) is 2.93. The van der Waals surface area contributed by atoms with Gasteiger partial charge in [-0.2, -0.15) is 0 Å². The standard InChI is InChI=1S/C16H18N2O4S/c1-16(2,3)22-15(21)18-8-10-6-4-5-7-11(10)13-17-9-12(23-13)14(19)20/h4-7,9H,8H2,1-3H3,(H,18,21)(H,19,20). The van der Waals surface area contributed by atoms with E-state index in [0.717, 1.165) is 22.5 Å². The molecule has 0 aliphatic carbocycles. The lowest BCUT2D eigenvalue weighted by Crippen LogP contribution is -2.32. The monoisotopic (exact) mass is 334 g/mol. The van der Waals surface area contributed by atoms with Crippen LogP contribution in [0, 0.1) is 0 Å². The van der Waals surface area contributed by atoms with E-state index in [9.17, 15) is 9.59 Å². The Morgan fingerprint density at radius 1 is 1.30 bits per heavy atom. The van der Waals surface area contributed by atoms with Crippen LogP contribution >= 0.6 is 11.3 Å². The number of hydrogen-bond acceptors (Lipinski definition) is 5. The van der Waals surface area contributed by atoms with E-state index in [2.05, 4.69) is 10.3 Å². The molecule has 0 spiro atoms. The molecule has 1 amide bonds. The maximum Gasteiger partial charge on any atom is 0.407 e. The lowest BCUT2D eigenvalue weighted by molar-refractivity contribution is 0.0523. The van der Waals surface area contributed by atoms with Gasteiger partial charge in [-0.1, -0.05) is 24.3 Å². The van der Waals surface area contributed by atoms with Gasteiger partial charge >= 0.3 is 12.1 Å². The molecule has 0 aliphatic rings. The van der Waals surface area contributed by atoms with Gasteiger partial charge in [0.25, 0.3) is 0 Å². The SMILES string of the molecule is CC(C)(C)OC(=O)NCc1ccccc1-c1ncc(C(=O)O)s1. The molecular formula is C16H18N2O4S. The van der Waals surface area contributed by atoms with Crippen LogP contribution in [0.25, 0.3) is 10.6 Å². The average molecular weight is 334 g/mol. The quantitative estimate of drug-likeness (QED) is 0.893. The zero-order chi connectivity index (χ0) is 17.0. The summed E-state index contributed by atoms with van der Waals surface area (Å²) < 4.78 is 5.20. The molecule has 0 fully saturated rings. The number of carbonyl (C=O) groups is 2. The Morgan fingerprint density at radius 2 is 2.00 bits per heavy atom. The molecule has 0 aliphatic heterocycles. The van der Waals surface area contributed by atoms with Gasteiger partial charge in [-0.05, 0) is 26.3 Å². The molecule has 0 bridgehead atoms. The van der Waals surface area contributed by atoms with Crippen LogP contribution in [0.3, 0.4) is 0 Å². The summed E-state index contributed by atoms with van der Waals surface area (Å²) in [7, 11) is 0. The number of carboxylic acids is 1. The Bertz CT molecular complexity index is 719. The molecule has 2 N–H and O–H groups in total. The van der Waals surface area contributed by atoms with Gasteiger partial charge in [-0.3, -0.25) is 0 Å². The van der Waals surface area contributed by atoms with Crippen LogP contribution in [0.1, 0.15) is 36.0 Å². The van der Waals surface area contributed by atoms with E-state index in [1.807, 2.05) is 24.3 Å². The van der Waals surface area contributed by atoms with E-state index in [0.29, 0.717) is 5.01 Å². The van der Waals surface area contributed by atoms with Crippen LogP contribution in [-0.2, 0) is 11.3 Å². The second-order valence-electron chi connectivity index (χ2n) is 5.85. The zero-order valence-electron chi connectivity index (χ0n) is 13.1. The molecule has 0 saturated heterocycles. The molecule has 23 heavy (non-hydrogen) atoms. The molecule has 122 valence electrons. The Labute approximate surface area is 138 Å². The summed E-state index contributed by atoms with van der Waals surface area (Å²) in [5.74, 6) is -1.00. The first-order valence-electron chi connectivity index (χ1n) is 7.00. The summed E-state index contributed by atoms with van der Waals surface area (Å²) in [6.45, 7) is 5.66. The Hall–Kier alpha value is -2.41. The summed E-state index contributed by atoms with van der Waals surface area (Å²) in [5.41, 5.74) is 1.07. The molecular weight excluding hydrogens is 316 g/mol. The third-order valence-electron chi connectivity index (χ3n) is 2.79. The van der Waals surface area contributed by atoms with Crippen molar-refractivity contribution >= 4 is 23.4 Å². The highest BCUT2D eigenvalue weighted by molar-refractivity contribution is 7.16. The van der Waals surface area contributed by atoms with Crippen LogP contribution in [-0.4, -0.2) is 27.8 Å². The number of amides is 1. The third kappa shape index (κ3) is 4.79. The Kier molecular flexibility index (Phi) is 5.00. The van der Waals surface area contributed by atoms with E-state index >= 15 is 0 Å². The highest BCUT2D eigenvalue weighted by Gasteiger charge is 2.17. The number of alkyl carbamates (subject to hydrolysis) is 1. The zero-order valence-corrected chi connectivity index (χ0v) is 13.9. The van der Waals surface area contributed by atoms with E-state index in [4.69, 9.17) is 9.84 Å². The van der Waals surface area contributed by atoms with Crippen molar-refractivity contribution in [3.05, 3.63) is 40.9 Å². The number of hydrogen-bond donors (Lipinski definition) is 2. The van der Waals surface area contributed by atoms with Crippen molar-refractivity contribution in [2.24, 2.45) is 0 Å².